The summed E-state index contributed by atoms with van der Waals surface area (Å²) >= 11 is 6.07. The smallest absolute Gasteiger partial charge is 0.332 e. The minimum atomic E-state index is -1.01. The first-order valence-electron chi connectivity index (χ1n) is 9.60. The molecule has 0 saturated carbocycles. The van der Waals surface area contributed by atoms with Gasteiger partial charge < -0.3 is 9.64 Å². The predicted molar refractivity (Wildman–Crippen MR) is 117 cm³/mol. The number of amides is 3. The van der Waals surface area contributed by atoms with Crippen LogP contribution in [0.4, 0.5) is 10.5 Å². The number of benzene rings is 3. The van der Waals surface area contributed by atoms with E-state index in [2.05, 4.69) is 0 Å². The average molecular weight is 421 g/mol. The lowest BCUT2D eigenvalue weighted by Crippen LogP contribution is -2.43. The topological polar surface area (TPSA) is 49.9 Å². The number of hydrogen-bond acceptors (Lipinski definition) is 3. The molecule has 0 aromatic heterocycles. The molecule has 30 heavy (non-hydrogen) atoms. The molecule has 0 N–H and O–H groups in total. The van der Waals surface area contributed by atoms with E-state index in [0.717, 1.165) is 5.56 Å². The van der Waals surface area contributed by atoms with Gasteiger partial charge in [0.15, 0.2) is 0 Å². The quantitative estimate of drug-likeness (QED) is 0.484. The lowest BCUT2D eigenvalue weighted by atomic mass is 10.0. The average Bonchev–Trinajstić information content (AvgIpc) is 2.89. The van der Waals surface area contributed by atoms with Crippen LogP contribution in [0.2, 0.25) is 5.02 Å². The van der Waals surface area contributed by atoms with Crippen molar-refractivity contribution < 1.29 is 14.3 Å². The Morgan fingerprint density at radius 1 is 0.900 bits per heavy atom. The number of carbonyl (C=O) groups is 2. The lowest BCUT2D eigenvalue weighted by molar-refractivity contribution is -0.123. The normalized spacial score (nSPS) is 15.6. The first kappa shape index (κ1) is 20.0. The highest BCUT2D eigenvalue weighted by atomic mass is 35.5. The monoisotopic (exact) mass is 420 g/mol. The highest BCUT2D eigenvalue weighted by Crippen LogP contribution is 2.36. The van der Waals surface area contributed by atoms with Crippen molar-refractivity contribution in [2.75, 3.05) is 4.90 Å². The van der Waals surface area contributed by atoms with Gasteiger partial charge in [-0.3, -0.25) is 4.79 Å². The van der Waals surface area contributed by atoms with E-state index in [0.29, 0.717) is 22.2 Å². The molecule has 1 heterocycles. The van der Waals surface area contributed by atoms with Crippen molar-refractivity contribution in [3.05, 3.63) is 89.4 Å². The molecule has 6 heteroatoms. The number of nitrogens with zero attached hydrogens (tertiary/aromatic N) is 2. The molecule has 1 aliphatic rings. The van der Waals surface area contributed by atoms with Gasteiger partial charge in [0.1, 0.15) is 17.0 Å². The van der Waals surface area contributed by atoms with Crippen LogP contribution in [0.5, 0.6) is 11.5 Å². The van der Waals surface area contributed by atoms with Crippen LogP contribution in [0.3, 0.4) is 0 Å². The van der Waals surface area contributed by atoms with Gasteiger partial charge >= 0.3 is 6.03 Å². The Balaban J connectivity index is 1.65. The van der Waals surface area contributed by atoms with Gasteiger partial charge in [0.05, 0.1) is 12.2 Å². The number of halogens is 1. The number of ether oxygens (including phenoxy) is 1. The van der Waals surface area contributed by atoms with E-state index in [9.17, 15) is 9.59 Å². The summed E-state index contributed by atoms with van der Waals surface area (Å²) in [4.78, 5) is 29.1. The van der Waals surface area contributed by atoms with Gasteiger partial charge in [-0.05, 0) is 50.2 Å². The number of urea groups is 1. The zero-order valence-electron chi connectivity index (χ0n) is 16.7. The zero-order valence-corrected chi connectivity index (χ0v) is 17.5. The van der Waals surface area contributed by atoms with Crippen LogP contribution in [0, 0.1) is 0 Å². The van der Waals surface area contributed by atoms with Crippen LogP contribution in [0.15, 0.2) is 78.9 Å². The maximum atomic E-state index is 13.3. The van der Waals surface area contributed by atoms with E-state index in [1.807, 2.05) is 54.6 Å². The van der Waals surface area contributed by atoms with Gasteiger partial charge in [0.2, 0.25) is 0 Å². The largest absolute Gasteiger partial charge is 0.457 e. The summed E-state index contributed by atoms with van der Waals surface area (Å²) < 4.78 is 6.02. The second-order valence-electron chi connectivity index (χ2n) is 7.57. The molecule has 4 rings (SSSR count). The molecule has 1 saturated heterocycles. The third-order valence-corrected chi connectivity index (χ3v) is 5.40. The van der Waals surface area contributed by atoms with Gasteiger partial charge in [0, 0.05) is 10.6 Å². The van der Waals surface area contributed by atoms with Crippen molar-refractivity contribution in [2.24, 2.45) is 0 Å². The molecule has 3 aromatic carbocycles. The van der Waals surface area contributed by atoms with Gasteiger partial charge in [-0.15, -0.1) is 0 Å². The summed E-state index contributed by atoms with van der Waals surface area (Å²) in [5.74, 6) is 1.05. The van der Waals surface area contributed by atoms with E-state index < -0.39 is 5.54 Å². The molecular formula is C24H21ClN2O3. The summed E-state index contributed by atoms with van der Waals surface area (Å²) in [7, 11) is 0. The number of hydrogen-bond donors (Lipinski definition) is 0. The van der Waals surface area contributed by atoms with E-state index in [1.54, 1.807) is 43.0 Å². The molecule has 152 valence electrons. The second kappa shape index (κ2) is 7.84. The molecule has 0 atom stereocenters. The van der Waals surface area contributed by atoms with Crippen molar-refractivity contribution >= 4 is 29.2 Å². The molecule has 3 amide bonds. The molecule has 1 fully saturated rings. The van der Waals surface area contributed by atoms with Gasteiger partial charge in [-0.2, -0.15) is 0 Å². The fourth-order valence-electron chi connectivity index (χ4n) is 3.46. The Bertz CT molecular complexity index is 1100. The molecule has 3 aromatic rings. The van der Waals surface area contributed by atoms with E-state index in [1.165, 1.54) is 4.90 Å². The van der Waals surface area contributed by atoms with Gasteiger partial charge in [-0.25, -0.2) is 9.69 Å². The number of para-hydroxylation sites is 2. The Labute approximate surface area is 180 Å². The van der Waals surface area contributed by atoms with Gasteiger partial charge in [0.25, 0.3) is 5.91 Å². The molecule has 0 bridgehead atoms. The highest BCUT2D eigenvalue weighted by Gasteiger charge is 2.51. The fraction of sp³-hybridized carbons (Fsp3) is 0.167. The molecular weight excluding hydrogens is 400 g/mol. The number of anilines is 1. The van der Waals surface area contributed by atoms with Crippen LogP contribution in [0.1, 0.15) is 19.4 Å². The highest BCUT2D eigenvalue weighted by molar-refractivity contribution is 6.31. The van der Waals surface area contributed by atoms with Crippen LogP contribution >= 0.6 is 11.6 Å². The maximum absolute atomic E-state index is 13.3. The second-order valence-corrected chi connectivity index (χ2v) is 8.01. The third kappa shape index (κ3) is 3.64. The summed E-state index contributed by atoms with van der Waals surface area (Å²) in [5.41, 5.74) is 0.254. The summed E-state index contributed by atoms with van der Waals surface area (Å²) in [5, 5.41) is 0.464. The van der Waals surface area contributed by atoms with E-state index >= 15 is 0 Å². The first-order valence-corrected chi connectivity index (χ1v) is 9.98. The van der Waals surface area contributed by atoms with Crippen molar-refractivity contribution in [1.29, 1.82) is 0 Å². The Morgan fingerprint density at radius 2 is 1.60 bits per heavy atom. The van der Waals surface area contributed by atoms with Crippen molar-refractivity contribution in [1.82, 2.24) is 4.90 Å². The van der Waals surface area contributed by atoms with Crippen LogP contribution < -0.4 is 9.64 Å². The Hall–Kier alpha value is -3.31. The van der Waals surface area contributed by atoms with Crippen LogP contribution in [0.25, 0.3) is 0 Å². The number of carbonyl (C=O) groups excluding carboxylic acids is 2. The van der Waals surface area contributed by atoms with Crippen molar-refractivity contribution in [2.45, 2.75) is 25.9 Å². The summed E-state index contributed by atoms with van der Waals surface area (Å²) in [6.07, 6.45) is 0. The fourth-order valence-corrected chi connectivity index (χ4v) is 3.65. The van der Waals surface area contributed by atoms with Gasteiger partial charge in [-0.1, -0.05) is 54.1 Å². The van der Waals surface area contributed by atoms with Crippen molar-refractivity contribution in [3.63, 3.8) is 0 Å². The Morgan fingerprint density at radius 3 is 2.33 bits per heavy atom. The lowest BCUT2D eigenvalue weighted by Gasteiger charge is -2.28. The van der Waals surface area contributed by atoms with E-state index in [4.69, 9.17) is 16.3 Å². The van der Waals surface area contributed by atoms with E-state index in [-0.39, 0.29) is 18.5 Å². The standard InChI is InChI=1S/C24H21ClN2O3/c1-24(2)22(28)27(19-11-8-10-18(25)15-19)23(29)26(24)16-17-9-6-7-14-21(17)30-20-12-4-3-5-13-20/h3-15H,16H2,1-2H3. The minimum Gasteiger partial charge on any atom is -0.457 e. The summed E-state index contributed by atoms with van der Waals surface area (Å²) in [6.45, 7) is 3.73. The number of imide groups is 1. The molecule has 0 radical (unpaired) electrons. The predicted octanol–water partition coefficient (Wildman–Crippen LogP) is 5.88. The third-order valence-electron chi connectivity index (χ3n) is 5.16. The number of rotatable bonds is 5. The molecule has 5 nitrogen and oxygen atoms in total. The summed E-state index contributed by atoms with van der Waals surface area (Å²) in [6, 6.07) is 23.3. The minimum absolute atomic E-state index is 0.234. The molecule has 0 spiro atoms. The van der Waals surface area contributed by atoms with Crippen LogP contribution in [-0.4, -0.2) is 22.4 Å². The molecule has 0 aliphatic carbocycles. The SMILES string of the molecule is CC1(C)C(=O)N(c2cccc(Cl)c2)C(=O)N1Cc1ccccc1Oc1ccccc1. The van der Waals surface area contributed by atoms with Crippen molar-refractivity contribution in [3.8, 4) is 11.5 Å². The zero-order chi connectivity index (χ0) is 21.3. The maximum Gasteiger partial charge on any atom is 0.332 e. The molecule has 0 unspecified atom stereocenters. The Kier molecular flexibility index (Phi) is 5.22. The first-order chi connectivity index (χ1) is 14.4. The molecule has 1 aliphatic heterocycles. The van der Waals surface area contributed by atoms with Crippen LogP contribution in [-0.2, 0) is 11.3 Å².